The Balaban J connectivity index is 1.40. The minimum absolute atomic E-state index is 0.134. The molecule has 146 valence electrons. The topological polar surface area (TPSA) is 76.7 Å². The molecule has 1 aliphatic rings. The molecule has 6 nitrogen and oxygen atoms in total. The summed E-state index contributed by atoms with van der Waals surface area (Å²) in [5.74, 6) is 0.915. The van der Waals surface area contributed by atoms with Gasteiger partial charge in [0.1, 0.15) is 0 Å². The minimum Gasteiger partial charge on any atom is -0.454 e. The van der Waals surface area contributed by atoms with Gasteiger partial charge in [0.2, 0.25) is 18.6 Å². The molecule has 29 heavy (non-hydrogen) atoms. The largest absolute Gasteiger partial charge is 0.454 e. The summed E-state index contributed by atoms with van der Waals surface area (Å²) in [6, 6.07) is 16.4. The molecule has 1 aromatic heterocycles. The van der Waals surface area contributed by atoms with Crippen molar-refractivity contribution in [3.8, 4) is 11.5 Å². The van der Waals surface area contributed by atoms with E-state index in [0.717, 1.165) is 10.4 Å². The molecule has 2 amide bonds. The smallest absolute Gasteiger partial charge is 0.248 e. The van der Waals surface area contributed by atoms with E-state index < -0.39 is 0 Å². The van der Waals surface area contributed by atoms with E-state index in [1.165, 1.54) is 17.4 Å². The third kappa shape index (κ3) is 4.83. The van der Waals surface area contributed by atoms with Gasteiger partial charge in [-0.05, 0) is 47.4 Å². The predicted molar refractivity (Wildman–Crippen MR) is 113 cm³/mol. The molecule has 0 atom stereocenters. The fourth-order valence-electron chi connectivity index (χ4n) is 2.83. The molecule has 0 saturated carbocycles. The first-order valence-corrected chi connectivity index (χ1v) is 9.85. The summed E-state index contributed by atoms with van der Waals surface area (Å²) < 4.78 is 10.6. The first kappa shape index (κ1) is 18.8. The molecule has 2 aromatic carbocycles. The van der Waals surface area contributed by atoms with Gasteiger partial charge in [0.25, 0.3) is 0 Å². The second-order valence-electron chi connectivity index (χ2n) is 6.29. The molecule has 2 N–H and O–H groups in total. The number of carbonyl (C=O) groups excluding carboxylic acids is 2. The highest BCUT2D eigenvalue weighted by Crippen LogP contribution is 2.32. The van der Waals surface area contributed by atoms with Gasteiger partial charge in [0.15, 0.2) is 11.5 Å². The number of anilines is 2. The van der Waals surface area contributed by atoms with Crippen LogP contribution < -0.4 is 20.1 Å². The van der Waals surface area contributed by atoms with Crippen molar-refractivity contribution in [2.75, 3.05) is 17.4 Å². The summed E-state index contributed by atoms with van der Waals surface area (Å²) >= 11 is 1.53. The molecule has 0 unspecified atom stereocenters. The third-order valence-corrected chi connectivity index (χ3v) is 5.07. The van der Waals surface area contributed by atoms with Gasteiger partial charge >= 0.3 is 0 Å². The number of ether oxygens (including phenoxy) is 2. The van der Waals surface area contributed by atoms with Crippen LogP contribution in [0.25, 0.3) is 6.08 Å². The fraction of sp³-hybridized carbons (Fsp3) is 0.0909. The van der Waals surface area contributed by atoms with Gasteiger partial charge in [-0.15, -0.1) is 11.3 Å². The Bertz CT molecular complexity index is 1060. The Morgan fingerprint density at radius 1 is 0.966 bits per heavy atom. The first-order valence-electron chi connectivity index (χ1n) is 8.97. The lowest BCUT2D eigenvalue weighted by Crippen LogP contribution is -2.16. The average Bonchev–Trinajstić information content (AvgIpc) is 3.39. The predicted octanol–water partition coefficient (Wildman–Crippen LogP) is 4.31. The number of benzene rings is 2. The van der Waals surface area contributed by atoms with Crippen LogP contribution in [0.5, 0.6) is 11.5 Å². The van der Waals surface area contributed by atoms with E-state index in [1.807, 2.05) is 29.6 Å². The average molecular weight is 406 g/mol. The van der Waals surface area contributed by atoms with E-state index in [4.69, 9.17) is 9.47 Å². The standard InChI is InChI=1S/C22H18N2O4S/c25-21(10-8-15-7-9-19-20(12-15)28-14-27-19)23-17-5-1-2-6-18(17)24-22(26)13-16-4-3-11-29-16/h1-12H,13-14H2,(H,23,25)(H,24,26)/b10-8+. The van der Waals surface area contributed by atoms with Crippen LogP contribution in [0.2, 0.25) is 0 Å². The van der Waals surface area contributed by atoms with Crippen LogP contribution >= 0.6 is 11.3 Å². The lowest BCUT2D eigenvalue weighted by Gasteiger charge is -2.11. The van der Waals surface area contributed by atoms with Gasteiger partial charge in [-0.1, -0.05) is 24.3 Å². The maximum atomic E-state index is 12.3. The van der Waals surface area contributed by atoms with Gasteiger partial charge in [-0.25, -0.2) is 0 Å². The van der Waals surface area contributed by atoms with E-state index >= 15 is 0 Å². The zero-order chi connectivity index (χ0) is 20.1. The molecule has 2 heterocycles. The number of nitrogens with one attached hydrogen (secondary N) is 2. The maximum absolute atomic E-state index is 12.3. The summed E-state index contributed by atoms with van der Waals surface area (Å²) in [4.78, 5) is 25.6. The van der Waals surface area contributed by atoms with Gasteiger partial charge < -0.3 is 20.1 Å². The Morgan fingerprint density at radius 3 is 2.55 bits per heavy atom. The lowest BCUT2D eigenvalue weighted by molar-refractivity contribution is -0.115. The molecule has 3 aromatic rings. The number of para-hydroxylation sites is 2. The van der Waals surface area contributed by atoms with Crippen molar-refractivity contribution in [1.29, 1.82) is 0 Å². The molecular formula is C22H18N2O4S. The van der Waals surface area contributed by atoms with Gasteiger partial charge in [0.05, 0.1) is 17.8 Å². The molecule has 0 bridgehead atoms. The molecule has 7 heteroatoms. The zero-order valence-corrected chi connectivity index (χ0v) is 16.2. The second-order valence-corrected chi connectivity index (χ2v) is 7.32. The monoisotopic (exact) mass is 406 g/mol. The van der Waals surface area contributed by atoms with Crippen LogP contribution in [0.3, 0.4) is 0 Å². The molecule has 0 fully saturated rings. The highest BCUT2D eigenvalue weighted by Gasteiger charge is 2.13. The van der Waals surface area contributed by atoms with Crippen LogP contribution in [-0.2, 0) is 16.0 Å². The Hall–Kier alpha value is -3.58. The third-order valence-electron chi connectivity index (χ3n) is 4.20. The van der Waals surface area contributed by atoms with Gasteiger partial charge in [0, 0.05) is 11.0 Å². The van der Waals surface area contributed by atoms with E-state index in [0.29, 0.717) is 29.3 Å². The van der Waals surface area contributed by atoms with Crippen molar-refractivity contribution in [1.82, 2.24) is 0 Å². The van der Waals surface area contributed by atoms with Crippen LogP contribution in [0.4, 0.5) is 11.4 Å². The van der Waals surface area contributed by atoms with Crippen molar-refractivity contribution >= 4 is 40.6 Å². The number of rotatable bonds is 6. The molecule has 0 spiro atoms. The highest BCUT2D eigenvalue weighted by molar-refractivity contribution is 7.10. The van der Waals surface area contributed by atoms with Crippen molar-refractivity contribution < 1.29 is 19.1 Å². The quantitative estimate of drug-likeness (QED) is 0.598. The van der Waals surface area contributed by atoms with Crippen LogP contribution in [0.15, 0.2) is 66.1 Å². The zero-order valence-electron chi connectivity index (χ0n) is 15.4. The van der Waals surface area contributed by atoms with Crippen LogP contribution in [-0.4, -0.2) is 18.6 Å². The number of amides is 2. The first-order chi connectivity index (χ1) is 14.2. The van der Waals surface area contributed by atoms with Crippen molar-refractivity contribution in [2.24, 2.45) is 0 Å². The van der Waals surface area contributed by atoms with E-state index in [2.05, 4.69) is 10.6 Å². The summed E-state index contributed by atoms with van der Waals surface area (Å²) in [6.45, 7) is 0.206. The molecule has 0 aliphatic carbocycles. The second kappa shape index (κ2) is 8.62. The van der Waals surface area contributed by atoms with Crippen molar-refractivity contribution in [2.45, 2.75) is 6.42 Å². The Kier molecular flexibility index (Phi) is 5.58. The molecule has 0 saturated heterocycles. The minimum atomic E-state index is -0.303. The summed E-state index contributed by atoms with van der Waals surface area (Å²) in [5, 5.41) is 7.59. The lowest BCUT2D eigenvalue weighted by atomic mass is 10.2. The summed E-state index contributed by atoms with van der Waals surface area (Å²) in [5.41, 5.74) is 1.91. The summed E-state index contributed by atoms with van der Waals surface area (Å²) in [6.07, 6.45) is 3.42. The van der Waals surface area contributed by atoms with Crippen LogP contribution in [0, 0.1) is 0 Å². The molecular weight excluding hydrogens is 388 g/mol. The maximum Gasteiger partial charge on any atom is 0.248 e. The highest BCUT2D eigenvalue weighted by atomic mass is 32.1. The fourth-order valence-corrected chi connectivity index (χ4v) is 3.53. The number of fused-ring (bicyclic) bond motifs is 1. The number of thiophene rings is 1. The number of hydrogen-bond acceptors (Lipinski definition) is 5. The molecule has 1 aliphatic heterocycles. The SMILES string of the molecule is O=C(/C=C/c1ccc2c(c1)OCO2)Nc1ccccc1NC(=O)Cc1cccs1. The normalized spacial score (nSPS) is 12.1. The Labute approximate surface area is 171 Å². The van der Waals surface area contributed by atoms with Gasteiger partial charge in [-0.3, -0.25) is 9.59 Å². The van der Waals surface area contributed by atoms with Crippen molar-refractivity contribution in [3.63, 3.8) is 0 Å². The van der Waals surface area contributed by atoms with E-state index in [1.54, 1.807) is 36.4 Å². The van der Waals surface area contributed by atoms with Crippen molar-refractivity contribution in [3.05, 3.63) is 76.5 Å². The van der Waals surface area contributed by atoms with Gasteiger partial charge in [-0.2, -0.15) is 0 Å². The number of hydrogen-bond donors (Lipinski definition) is 2. The summed E-state index contributed by atoms with van der Waals surface area (Å²) in [7, 11) is 0. The number of carbonyl (C=O) groups is 2. The van der Waals surface area contributed by atoms with Crippen LogP contribution in [0.1, 0.15) is 10.4 Å². The Morgan fingerprint density at radius 2 is 1.76 bits per heavy atom. The molecule has 0 radical (unpaired) electrons. The van der Waals surface area contributed by atoms with E-state index in [9.17, 15) is 9.59 Å². The molecule has 4 rings (SSSR count). The van der Waals surface area contributed by atoms with E-state index in [-0.39, 0.29) is 18.6 Å².